The van der Waals surface area contributed by atoms with Crippen LogP contribution in [0.1, 0.15) is 47.3 Å². The summed E-state index contributed by atoms with van der Waals surface area (Å²) in [6.07, 6.45) is 4.59. The van der Waals surface area contributed by atoms with E-state index < -0.39 is 0 Å². The number of hydrogen-bond donors (Lipinski definition) is 1. The van der Waals surface area contributed by atoms with Crippen molar-refractivity contribution in [3.8, 4) is 5.75 Å². The predicted octanol–water partition coefficient (Wildman–Crippen LogP) is 4.86. The van der Waals surface area contributed by atoms with Crippen LogP contribution in [0.2, 0.25) is 0 Å². The van der Waals surface area contributed by atoms with Crippen LogP contribution >= 0.6 is 12.4 Å². The van der Waals surface area contributed by atoms with Gasteiger partial charge < -0.3 is 4.74 Å². The normalized spacial score (nSPS) is 10.4. The van der Waals surface area contributed by atoms with E-state index in [1.54, 1.807) is 0 Å². The van der Waals surface area contributed by atoms with Crippen LogP contribution in [0.3, 0.4) is 0 Å². The number of hydrogen-bond acceptors (Lipinski definition) is 2. The van der Waals surface area contributed by atoms with E-state index in [1.807, 2.05) is 0 Å². The van der Waals surface area contributed by atoms with Crippen LogP contribution in [0.25, 0.3) is 0 Å². The van der Waals surface area contributed by atoms with E-state index in [0.717, 1.165) is 30.9 Å². The quantitative estimate of drug-likeness (QED) is 0.739. The Balaban J connectivity index is 0.00000242. The number of rotatable bonds is 7. The van der Waals surface area contributed by atoms with Gasteiger partial charge in [0.25, 0.3) is 0 Å². The van der Waals surface area contributed by atoms with Crippen LogP contribution in [-0.4, -0.2) is 16.8 Å². The molecule has 0 aliphatic heterocycles. The van der Waals surface area contributed by atoms with Crippen molar-refractivity contribution in [2.45, 2.75) is 53.4 Å². The van der Waals surface area contributed by atoms with Gasteiger partial charge in [0.05, 0.1) is 12.3 Å². The lowest BCUT2D eigenvalue weighted by atomic mass is 10.1. The summed E-state index contributed by atoms with van der Waals surface area (Å²) in [5.74, 6) is 1.02. The topological polar surface area (TPSA) is 37.9 Å². The van der Waals surface area contributed by atoms with Crippen LogP contribution in [0.15, 0.2) is 18.2 Å². The molecule has 1 aromatic heterocycles. The summed E-state index contributed by atoms with van der Waals surface area (Å²) in [6, 6.07) is 6.34. The Kier molecular flexibility index (Phi) is 7.46. The molecule has 2 rings (SSSR count). The highest BCUT2D eigenvalue weighted by Gasteiger charge is 2.05. The fraction of sp³-hybridized carbons (Fsp3) is 0.500. The fourth-order valence-electron chi connectivity index (χ4n) is 2.67. The lowest BCUT2D eigenvalue weighted by molar-refractivity contribution is 0.303. The average Bonchev–Trinajstić information content (AvgIpc) is 2.76. The molecule has 0 atom stereocenters. The minimum atomic E-state index is 0. The number of aromatic amines is 1. The first-order chi connectivity index (χ1) is 10.1. The number of unbranched alkanes of at least 4 members (excludes halogenated alkanes) is 2. The summed E-state index contributed by atoms with van der Waals surface area (Å²) in [6.45, 7) is 9.18. The number of nitrogens with zero attached hydrogens (tertiary/aromatic N) is 1. The smallest absolute Gasteiger partial charge is 0.122 e. The van der Waals surface area contributed by atoms with Gasteiger partial charge in [-0.25, -0.2) is 0 Å². The zero-order chi connectivity index (χ0) is 15.2. The van der Waals surface area contributed by atoms with Crippen molar-refractivity contribution in [1.29, 1.82) is 0 Å². The van der Waals surface area contributed by atoms with Crippen molar-refractivity contribution in [2.24, 2.45) is 0 Å². The zero-order valence-electron chi connectivity index (χ0n) is 14.0. The largest absolute Gasteiger partial charge is 0.493 e. The number of ether oxygens (including phenoxy) is 1. The molecule has 1 heterocycles. The van der Waals surface area contributed by atoms with E-state index in [4.69, 9.17) is 4.74 Å². The number of aryl methyl sites for hydroxylation is 4. The Morgan fingerprint density at radius 2 is 1.82 bits per heavy atom. The minimum absolute atomic E-state index is 0. The van der Waals surface area contributed by atoms with Crippen molar-refractivity contribution in [3.63, 3.8) is 0 Å². The molecule has 0 amide bonds. The van der Waals surface area contributed by atoms with E-state index in [9.17, 15) is 0 Å². The van der Waals surface area contributed by atoms with Crippen molar-refractivity contribution in [3.05, 3.63) is 46.3 Å². The van der Waals surface area contributed by atoms with Crippen molar-refractivity contribution in [2.75, 3.05) is 6.61 Å². The first-order valence-corrected chi connectivity index (χ1v) is 7.78. The molecule has 122 valence electrons. The van der Waals surface area contributed by atoms with E-state index in [0.29, 0.717) is 0 Å². The van der Waals surface area contributed by atoms with Crippen LogP contribution in [0.5, 0.6) is 5.75 Å². The molecule has 0 aliphatic rings. The van der Waals surface area contributed by atoms with Gasteiger partial charge in [0.1, 0.15) is 5.75 Å². The maximum absolute atomic E-state index is 5.86. The Bertz CT molecular complexity index is 573. The summed E-state index contributed by atoms with van der Waals surface area (Å²) < 4.78 is 5.86. The van der Waals surface area contributed by atoms with Gasteiger partial charge >= 0.3 is 0 Å². The fourth-order valence-corrected chi connectivity index (χ4v) is 2.67. The number of nitrogens with one attached hydrogen (secondary N) is 1. The van der Waals surface area contributed by atoms with Crippen LogP contribution in [0.4, 0.5) is 0 Å². The maximum Gasteiger partial charge on any atom is 0.122 e. The minimum Gasteiger partial charge on any atom is -0.493 e. The highest BCUT2D eigenvalue weighted by atomic mass is 35.5. The van der Waals surface area contributed by atoms with E-state index in [-0.39, 0.29) is 12.4 Å². The average molecular weight is 323 g/mol. The summed E-state index contributed by atoms with van der Waals surface area (Å²) in [5.41, 5.74) is 6.23. The van der Waals surface area contributed by atoms with Crippen molar-refractivity contribution in [1.82, 2.24) is 10.2 Å². The number of H-pyrrole nitrogens is 1. The third-order valence-electron chi connectivity index (χ3n) is 3.94. The first-order valence-electron chi connectivity index (χ1n) is 7.78. The lowest BCUT2D eigenvalue weighted by Gasteiger charge is -2.09. The standard InChI is InChI=1S/C18H26N2O.ClH/c1-13-9-10-18(14(2)12-13)21-11-7-5-6-8-17-15(3)19-20-16(17)4;/h9-10,12H,5-8,11H2,1-4H3,(H,19,20);1H. The van der Waals surface area contributed by atoms with Crippen LogP contribution in [-0.2, 0) is 6.42 Å². The molecule has 1 aromatic carbocycles. The highest BCUT2D eigenvalue weighted by Crippen LogP contribution is 2.19. The predicted molar refractivity (Wildman–Crippen MR) is 94.3 cm³/mol. The molecule has 1 N–H and O–H groups in total. The third kappa shape index (κ3) is 5.06. The van der Waals surface area contributed by atoms with Gasteiger partial charge in [-0.2, -0.15) is 5.10 Å². The molecule has 0 saturated carbocycles. The Hall–Kier alpha value is -1.48. The molecular weight excluding hydrogens is 296 g/mol. The van der Waals surface area contributed by atoms with Crippen LogP contribution < -0.4 is 4.74 Å². The number of benzene rings is 1. The second kappa shape index (κ2) is 8.84. The first kappa shape index (κ1) is 18.6. The van der Waals surface area contributed by atoms with E-state index in [2.05, 4.69) is 56.1 Å². The van der Waals surface area contributed by atoms with E-state index in [1.165, 1.54) is 35.2 Å². The molecule has 2 aromatic rings. The molecule has 0 aliphatic carbocycles. The second-order valence-electron chi connectivity index (χ2n) is 5.84. The monoisotopic (exact) mass is 322 g/mol. The Labute approximate surface area is 139 Å². The maximum atomic E-state index is 5.86. The molecule has 0 spiro atoms. The van der Waals surface area contributed by atoms with Gasteiger partial charge in [0, 0.05) is 5.69 Å². The van der Waals surface area contributed by atoms with Gasteiger partial charge in [-0.05, 0) is 70.6 Å². The third-order valence-corrected chi connectivity index (χ3v) is 3.94. The molecule has 0 radical (unpaired) electrons. The molecule has 4 heteroatoms. The molecule has 0 fully saturated rings. The Morgan fingerprint density at radius 1 is 1.05 bits per heavy atom. The molecule has 0 saturated heterocycles. The SMILES string of the molecule is Cc1ccc(OCCCCCc2c(C)n[nH]c2C)c(C)c1.Cl. The van der Waals surface area contributed by atoms with E-state index >= 15 is 0 Å². The zero-order valence-corrected chi connectivity index (χ0v) is 14.8. The molecule has 3 nitrogen and oxygen atoms in total. The van der Waals surface area contributed by atoms with Gasteiger partial charge in [-0.3, -0.25) is 5.10 Å². The molecule has 0 bridgehead atoms. The number of aromatic nitrogens is 2. The van der Waals surface area contributed by atoms with Gasteiger partial charge in [0.15, 0.2) is 0 Å². The van der Waals surface area contributed by atoms with Crippen molar-refractivity contribution >= 4 is 12.4 Å². The molecular formula is C18H27ClN2O. The van der Waals surface area contributed by atoms with Crippen molar-refractivity contribution < 1.29 is 4.74 Å². The Morgan fingerprint density at radius 3 is 2.45 bits per heavy atom. The van der Waals surface area contributed by atoms with Gasteiger partial charge in [0.2, 0.25) is 0 Å². The second-order valence-corrected chi connectivity index (χ2v) is 5.84. The molecule has 0 unspecified atom stereocenters. The number of halogens is 1. The van der Waals surface area contributed by atoms with Gasteiger partial charge in [-0.15, -0.1) is 12.4 Å². The summed E-state index contributed by atoms with van der Waals surface area (Å²) in [5, 5.41) is 7.28. The lowest BCUT2D eigenvalue weighted by Crippen LogP contribution is -1.99. The highest BCUT2D eigenvalue weighted by molar-refractivity contribution is 5.85. The summed E-state index contributed by atoms with van der Waals surface area (Å²) >= 11 is 0. The molecule has 22 heavy (non-hydrogen) atoms. The summed E-state index contributed by atoms with van der Waals surface area (Å²) in [4.78, 5) is 0. The summed E-state index contributed by atoms with van der Waals surface area (Å²) in [7, 11) is 0. The van der Waals surface area contributed by atoms with Gasteiger partial charge in [-0.1, -0.05) is 17.7 Å². The van der Waals surface area contributed by atoms with Crippen LogP contribution in [0, 0.1) is 27.7 Å².